The Bertz CT molecular complexity index is 602. The summed E-state index contributed by atoms with van der Waals surface area (Å²) in [6.07, 6.45) is -2.03. The average molecular weight is 348 g/mol. The summed E-state index contributed by atoms with van der Waals surface area (Å²) in [4.78, 5) is 16.2. The molecule has 0 aromatic carbocycles. The van der Waals surface area contributed by atoms with Gasteiger partial charge in [-0.2, -0.15) is 13.2 Å². The van der Waals surface area contributed by atoms with Crippen molar-refractivity contribution < 1.29 is 18.0 Å². The number of alkyl halides is 3. The molecular weight excluding hydrogens is 327 g/mol. The molecule has 128 valence electrons. The van der Waals surface area contributed by atoms with Crippen LogP contribution in [0.5, 0.6) is 0 Å². The van der Waals surface area contributed by atoms with Crippen LogP contribution in [0.1, 0.15) is 63.6 Å². The maximum atomic E-state index is 13.3. The van der Waals surface area contributed by atoms with Crippen molar-refractivity contribution in [3.8, 4) is 0 Å². The maximum Gasteiger partial charge on any atom is 0.433 e. The highest BCUT2D eigenvalue weighted by Crippen LogP contribution is 2.64. The van der Waals surface area contributed by atoms with E-state index in [-0.39, 0.29) is 22.4 Å². The fraction of sp³-hybridized carbons (Fsp3) is 0.647. The van der Waals surface area contributed by atoms with Crippen LogP contribution in [0, 0.1) is 11.3 Å². The summed E-state index contributed by atoms with van der Waals surface area (Å²) in [5, 5.41) is -0.184. The second-order valence-electron chi connectivity index (χ2n) is 6.41. The summed E-state index contributed by atoms with van der Waals surface area (Å²) in [6, 6.07) is 2.75. The molecule has 0 amide bonds. The number of Topliss-reactive ketones (excluding diaryl/α,β-unsaturated/α-hetero) is 1. The van der Waals surface area contributed by atoms with Gasteiger partial charge in [0, 0.05) is 11.3 Å². The molecular formula is C17H21ClF3NO. The first-order valence-corrected chi connectivity index (χ1v) is 8.33. The van der Waals surface area contributed by atoms with Gasteiger partial charge in [0.1, 0.15) is 16.6 Å². The quantitative estimate of drug-likeness (QED) is 0.623. The third kappa shape index (κ3) is 3.39. The molecule has 0 N–H and O–H groups in total. The Labute approximate surface area is 139 Å². The molecule has 0 radical (unpaired) electrons. The van der Waals surface area contributed by atoms with E-state index >= 15 is 0 Å². The zero-order valence-corrected chi connectivity index (χ0v) is 14.3. The van der Waals surface area contributed by atoms with Crippen LogP contribution in [0.25, 0.3) is 0 Å². The second kappa shape index (κ2) is 6.42. The number of carbonyl (C=O) groups is 1. The Balaban J connectivity index is 2.42. The van der Waals surface area contributed by atoms with Crippen LogP contribution >= 0.6 is 11.6 Å². The molecule has 1 aromatic rings. The number of carbonyl (C=O) groups excluding carboxylic acids is 1. The Morgan fingerprint density at radius 1 is 1.43 bits per heavy atom. The van der Waals surface area contributed by atoms with Crippen molar-refractivity contribution >= 4 is 17.4 Å². The van der Waals surface area contributed by atoms with Crippen LogP contribution in [-0.4, -0.2) is 10.8 Å². The van der Waals surface area contributed by atoms with Crippen LogP contribution in [-0.2, 0) is 11.0 Å². The number of aromatic nitrogens is 1. The van der Waals surface area contributed by atoms with Gasteiger partial charge >= 0.3 is 6.18 Å². The van der Waals surface area contributed by atoms with Crippen molar-refractivity contribution in [2.45, 2.75) is 58.5 Å². The topological polar surface area (TPSA) is 30.0 Å². The Morgan fingerprint density at radius 3 is 2.61 bits per heavy atom. The number of rotatable bonds is 6. The minimum atomic E-state index is -4.57. The summed E-state index contributed by atoms with van der Waals surface area (Å²) in [6.45, 7) is 5.72. The third-order valence-electron chi connectivity index (χ3n) is 4.86. The first-order valence-electron chi connectivity index (χ1n) is 7.95. The first-order chi connectivity index (χ1) is 10.7. The lowest BCUT2D eigenvalue weighted by Gasteiger charge is -2.21. The lowest BCUT2D eigenvalue weighted by atomic mass is 9.83. The molecule has 3 atom stereocenters. The van der Waals surface area contributed by atoms with Gasteiger partial charge in [-0.15, -0.1) is 0 Å². The van der Waals surface area contributed by atoms with Crippen molar-refractivity contribution in [2.75, 3.05) is 0 Å². The predicted molar refractivity (Wildman–Crippen MR) is 83.4 cm³/mol. The van der Waals surface area contributed by atoms with E-state index in [9.17, 15) is 18.0 Å². The second-order valence-corrected chi connectivity index (χ2v) is 6.79. The molecule has 1 aliphatic rings. The van der Waals surface area contributed by atoms with Crippen LogP contribution < -0.4 is 0 Å². The Morgan fingerprint density at radius 2 is 2.09 bits per heavy atom. The van der Waals surface area contributed by atoms with E-state index in [0.29, 0.717) is 19.3 Å². The molecule has 0 bridgehead atoms. The summed E-state index contributed by atoms with van der Waals surface area (Å²) in [5.41, 5.74) is -1.52. The number of nitrogens with zero attached hydrogens (tertiary/aromatic N) is 1. The van der Waals surface area contributed by atoms with Gasteiger partial charge in [-0.25, -0.2) is 4.98 Å². The van der Waals surface area contributed by atoms with Crippen LogP contribution in [0.3, 0.4) is 0 Å². The van der Waals surface area contributed by atoms with E-state index in [1.54, 1.807) is 0 Å². The Kier molecular flexibility index (Phi) is 5.09. The van der Waals surface area contributed by atoms with Gasteiger partial charge in [0.25, 0.3) is 0 Å². The molecule has 23 heavy (non-hydrogen) atoms. The van der Waals surface area contributed by atoms with E-state index in [1.165, 1.54) is 12.1 Å². The summed E-state index contributed by atoms with van der Waals surface area (Å²) < 4.78 is 39.8. The van der Waals surface area contributed by atoms with Gasteiger partial charge in [-0.3, -0.25) is 4.79 Å². The number of ketones is 1. The smallest absolute Gasteiger partial charge is 0.299 e. The van der Waals surface area contributed by atoms with Crippen molar-refractivity contribution in [3.63, 3.8) is 0 Å². The van der Waals surface area contributed by atoms with E-state index in [2.05, 4.69) is 4.98 Å². The van der Waals surface area contributed by atoms with Gasteiger partial charge in [-0.1, -0.05) is 44.9 Å². The molecule has 0 saturated heterocycles. The van der Waals surface area contributed by atoms with E-state index in [0.717, 1.165) is 6.42 Å². The number of hydrogen-bond donors (Lipinski definition) is 0. The van der Waals surface area contributed by atoms with Crippen molar-refractivity contribution in [2.24, 2.45) is 11.3 Å². The molecule has 1 aromatic heterocycles. The molecule has 0 spiro atoms. The van der Waals surface area contributed by atoms with E-state index in [1.807, 2.05) is 20.8 Å². The molecule has 2 rings (SSSR count). The molecule has 1 saturated carbocycles. The fourth-order valence-corrected chi connectivity index (χ4v) is 3.61. The molecule has 6 heteroatoms. The highest BCUT2D eigenvalue weighted by atomic mass is 35.5. The third-order valence-corrected chi connectivity index (χ3v) is 5.07. The minimum absolute atomic E-state index is 0.0786. The van der Waals surface area contributed by atoms with Gasteiger partial charge < -0.3 is 0 Å². The molecule has 1 aliphatic carbocycles. The zero-order valence-electron chi connectivity index (χ0n) is 13.5. The van der Waals surface area contributed by atoms with Gasteiger partial charge in [0.15, 0.2) is 0 Å². The zero-order chi connectivity index (χ0) is 17.4. The molecule has 1 heterocycles. The van der Waals surface area contributed by atoms with Gasteiger partial charge in [0.2, 0.25) is 0 Å². The van der Waals surface area contributed by atoms with Crippen LogP contribution in [0.15, 0.2) is 12.1 Å². The highest BCUT2D eigenvalue weighted by Gasteiger charge is 2.61. The summed E-state index contributed by atoms with van der Waals surface area (Å²) in [5.74, 6) is -0.471. The Hall–Kier alpha value is -1.10. The molecule has 3 unspecified atom stereocenters. The van der Waals surface area contributed by atoms with E-state index < -0.39 is 23.2 Å². The highest BCUT2D eigenvalue weighted by molar-refractivity contribution is 6.29. The maximum absolute atomic E-state index is 13.3. The van der Waals surface area contributed by atoms with Crippen LogP contribution in [0.4, 0.5) is 13.2 Å². The summed E-state index contributed by atoms with van der Waals surface area (Å²) in [7, 11) is 0. The van der Waals surface area contributed by atoms with Gasteiger partial charge in [-0.05, 0) is 36.8 Å². The van der Waals surface area contributed by atoms with Gasteiger partial charge in [0.05, 0.1) is 0 Å². The minimum Gasteiger partial charge on any atom is -0.299 e. The molecule has 1 fully saturated rings. The monoisotopic (exact) mass is 347 g/mol. The standard InChI is InChI=1S/C17H21ClF3NO/c1-4-8-16(15(23)10(3)5-2)9-12(16)11-6-7-13(18)22-14(11)17(19,20)21/h6-7,10,12H,4-5,8-9H2,1-3H3. The SMILES string of the molecule is CCCC1(C(=O)C(C)CC)CC1c1ccc(Cl)nc1C(F)(F)F. The van der Waals surface area contributed by atoms with Crippen molar-refractivity contribution in [3.05, 3.63) is 28.5 Å². The number of pyridine rings is 1. The molecule has 0 aliphatic heterocycles. The lowest BCUT2D eigenvalue weighted by molar-refractivity contribution is -0.142. The normalized spacial score (nSPS) is 25.3. The average Bonchev–Trinajstić information content (AvgIpc) is 3.20. The van der Waals surface area contributed by atoms with Crippen LogP contribution in [0.2, 0.25) is 5.15 Å². The summed E-state index contributed by atoms with van der Waals surface area (Å²) >= 11 is 5.64. The molecule has 2 nitrogen and oxygen atoms in total. The fourth-order valence-electron chi connectivity index (χ4n) is 3.46. The van der Waals surface area contributed by atoms with Crippen molar-refractivity contribution in [1.29, 1.82) is 0 Å². The first kappa shape index (κ1) is 18.2. The number of halogens is 4. The largest absolute Gasteiger partial charge is 0.433 e. The van der Waals surface area contributed by atoms with Crippen molar-refractivity contribution in [1.82, 2.24) is 4.98 Å². The number of hydrogen-bond acceptors (Lipinski definition) is 2. The van der Waals surface area contributed by atoms with E-state index in [4.69, 9.17) is 11.6 Å². The predicted octanol–water partition coefficient (Wildman–Crippen LogP) is 5.64. The lowest BCUT2D eigenvalue weighted by Crippen LogP contribution is -2.25.